The number of amides is 1. The van der Waals surface area contributed by atoms with Crippen molar-refractivity contribution >= 4 is 5.91 Å². The molecule has 0 atom stereocenters. The van der Waals surface area contributed by atoms with Crippen LogP contribution in [-0.2, 0) is 17.9 Å². The Balaban J connectivity index is 2.49. The lowest BCUT2D eigenvalue weighted by Gasteiger charge is -2.20. The number of rotatable bonds is 4. The summed E-state index contributed by atoms with van der Waals surface area (Å²) < 4.78 is 1.56. The van der Waals surface area contributed by atoms with E-state index in [1.165, 1.54) is 0 Å². The average Bonchev–Trinajstić information content (AvgIpc) is 2.58. The van der Waals surface area contributed by atoms with Gasteiger partial charge in [0.05, 0.1) is 11.9 Å². The van der Waals surface area contributed by atoms with Crippen molar-refractivity contribution in [2.75, 3.05) is 0 Å². The largest absolute Gasteiger partial charge is 0.350 e. The molecule has 0 aliphatic carbocycles. The van der Waals surface area contributed by atoms with Crippen molar-refractivity contribution in [3.8, 4) is 0 Å². The quantitative estimate of drug-likeness (QED) is 0.856. The van der Waals surface area contributed by atoms with Gasteiger partial charge in [-0.2, -0.15) is 0 Å². The lowest BCUT2D eigenvalue weighted by molar-refractivity contribution is -0.123. The van der Waals surface area contributed by atoms with Gasteiger partial charge in [-0.1, -0.05) is 5.21 Å². The van der Waals surface area contributed by atoms with E-state index in [0.717, 1.165) is 5.69 Å². The van der Waals surface area contributed by atoms with Gasteiger partial charge in [0.25, 0.3) is 0 Å². The third kappa shape index (κ3) is 6.91. The fourth-order valence-corrected chi connectivity index (χ4v) is 1.46. The molecule has 1 heterocycles. The summed E-state index contributed by atoms with van der Waals surface area (Å²) in [7, 11) is 0. The summed E-state index contributed by atoms with van der Waals surface area (Å²) in [4.78, 5) is 11.7. The Morgan fingerprint density at radius 3 is 2.37 bits per heavy atom. The van der Waals surface area contributed by atoms with Gasteiger partial charge < -0.3 is 10.6 Å². The van der Waals surface area contributed by atoms with Gasteiger partial charge in [0.1, 0.15) is 6.54 Å². The third-order valence-electron chi connectivity index (χ3n) is 2.21. The van der Waals surface area contributed by atoms with Gasteiger partial charge in [-0.05, 0) is 41.5 Å². The van der Waals surface area contributed by atoms with E-state index in [1.54, 1.807) is 10.9 Å². The normalized spacial score (nSPS) is 12.5. The Kier molecular flexibility index (Phi) is 4.68. The highest BCUT2D eigenvalue weighted by Crippen LogP contribution is 2.02. The topological polar surface area (TPSA) is 71.8 Å². The molecule has 0 saturated heterocycles. The number of hydrogen-bond donors (Lipinski definition) is 2. The van der Waals surface area contributed by atoms with Crippen molar-refractivity contribution in [2.45, 2.75) is 65.7 Å². The fourth-order valence-electron chi connectivity index (χ4n) is 1.46. The summed E-state index contributed by atoms with van der Waals surface area (Å²) in [6, 6.07) is 0. The first-order chi connectivity index (χ1) is 8.55. The number of nitrogens with zero attached hydrogens (tertiary/aromatic N) is 3. The van der Waals surface area contributed by atoms with Gasteiger partial charge in [-0.3, -0.25) is 4.79 Å². The van der Waals surface area contributed by atoms with Gasteiger partial charge in [-0.25, -0.2) is 4.68 Å². The van der Waals surface area contributed by atoms with E-state index >= 15 is 0 Å². The molecule has 108 valence electrons. The summed E-state index contributed by atoms with van der Waals surface area (Å²) >= 11 is 0. The molecule has 1 aromatic rings. The minimum Gasteiger partial charge on any atom is -0.350 e. The van der Waals surface area contributed by atoms with Crippen molar-refractivity contribution in [3.05, 3.63) is 11.9 Å². The maximum atomic E-state index is 11.7. The van der Waals surface area contributed by atoms with E-state index in [0.29, 0.717) is 6.54 Å². The molecular weight excluding hydrogens is 242 g/mol. The maximum absolute atomic E-state index is 11.7. The SMILES string of the molecule is CC(C)(C)NCc1cn(CC(=O)NC(C)(C)C)nn1. The molecule has 0 aliphatic rings. The van der Waals surface area contributed by atoms with Crippen LogP contribution in [0.5, 0.6) is 0 Å². The summed E-state index contributed by atoms with van der Waals surface area (Å²) in [6.45, 7) is 13.0. The molecule has 0 unspecified atom stereocenters. The molecule has 6 nitrogen and oxygen atoms in total. The van der Waals surface area contributed by atoms with Gasteiger partial charge in [0, 0.05) is 17.6 Å². The highest BCUT2D eigenvalue weighted by Gasteiger charge is 2.15. The van der Waals surface area contributed by atoms with Crippen LogP contribution in [0.25, 0.3) is 0 Å². The highest BCUT2D eigenvalue weighted by atomic mass is 16.2. The Morgan fingerprint density at radius 1 is 1.21 bits per heavy atom. The molecule has 0 spiro atoms. The molecule has 0 bridgehead atoms. The predicted molar refractivity (Wildman–Crippen MR) is 74.5 cm³/mol. The van der Waals surface area contributed by atoms with Crippen LogP contribution in [0.15, 0.2) is 6.20 Å². The number of aromatic nitrogens is 3. The Bertz CT molecular complexity index is 425. The number of hydrogen-bond acceptors (Lipinski definition) is 4. The maximum Gasteiger partial charge on any atom is 0.242 e. The van der Waals surface area contributed by atoms with Crippen molar-refractivity contribution < 1.29 is 4.79 Å². The molecule has 0 aromatic carbocycles. The highest BCUT2D eigenvalue weighted by molar-refractivity contribution is 5.76. The van der Waals surface area contributed by atoms with Gasteiger partial charge in [0.15, 0.2) is 0 Å². The molecule has 19 heavy (non-hydrogen) atoms. The molecule has 0 fully saturated rings. The van der Waals surface area contributed by atoms with E-state index in [4.69, 9.17) is 0 Å². The fraction of sp³-hybridized carbons (Fsp3) is 0.769. The van der Waals surface area contributed by atoms with Crippen molar-refractivity contribution in [1.29, 1.82) is 0 Å². The predicted octanol–water partition coefficient (Wildman–Crippen LogP) is 1.08. The first-order valence-electron chi connectivity index (χ1n) is 6.50. The molecule has 0 saturated carbocycles. The minimum absolute atomic E-state index is 0.0351. The second kappa shape index (κ2) is 5.69. The average molecular weight is 267 g/mol. The van der Waals surface area contributed by atoms with Gasteiger partial charge in [-0.15, -0.1) is 5.10 Å². The van der Waals surface area contributed by atoms with E-state index < -0.39 is 0 Å². The zero-order chi connectivity index (χ0) is 14.7. The van der Waals surface area contributed by atoms with E-state index in [1.807, 2.05) is 20.8 Å². The second-order valence-corrected chi connectivity index (χ2v) is 6.81. The first-order valence-corrected chi connectivity index (χ1v) is 6.50. The smallest absolute Gasteiger partial charge is 0.242 e. The van der Waals surface area contributed by atoms with Gasteiger partial charge >= 0.3 is 0 Å². The van der Waals surface area contributed by atoms with Crippen LogP contribution in [0.1, 0.15) is 47.2 Å². The summed E-state index contributed by atoms with van der Waals surface area (Å²) in [5.41, 5.74) is 0.639. The second-order valence-electron chi connectivity index (χ2n) is 6.81. The molecule has 1 aromatic heterocycles. The summed E-state index contributed by atoms with van der Waals surface area (Å²) in [5, 5.41) is 14.2. The van der Waals surface area contributed by atoms with Crippen LogP contribution in [0.4, 0.5) is 0 Å². The number of nitrogens with one attached hydrogen (secondary N) is 2. The lowest BCUT2D eigenvalue weighted by Crippen LogP contribution is -2.42. The molecule has 6 heteroatoms. The Hall–Kier alpha value is -1.43. The summed E-state index contributed by atoms with van der Waals surface area (Å²) in [5.74, 6) is -0.0623. The number of carbonyl (C=O) groups excluding carboxylic acids is 1. The lowest BCUT2D eigenvalue weighted by atomic mass is 10.1. The van der Waals surface area contributed by atoms with E-state index in [-0.39, 0.29) is 23.5 Å². The minimum atomic E-state index is -0.228. The van der Waals surface area contributed by atoms with Crippen LogP contribution >= 0.6 is 0 Å². The molecule has 1 amide bonds. The Morgan fingerprint density at radius 2 is 1.84 bits per heavy atom. The van der Waals surface area contributed by atoms with Crippen LogP contribution < -0.4 is 10.6 Å². The zero-order valence-corrected chi connectivity index (χ0v) is 12.7. The molecule has 2 N–H and O–H groups in total. The van der Waals surface area contributed by atoms with Crippen molar-refractivity contribution in [2.24, 2.45) is 0 Å². The first kappa shape index (κ1) is 15.6. The van der Waals surface area contributed by atoms with Crippen LogP contribution in [-0.4, -0.2) is 32.0 Å². The van der Waals surface area contributed by atoms with Gasteiger partial charge in [0.2, 0.25) is 5.91 Å². The Labute approximate surface area is 115 Å². The molecule has 1 rings (SSSR count). The zero-order valence-electron chi connectivity index (χ0n) is 12.7. The van der Waals surface area contributed by atoms with Crippen molar-refractivity contribution in [3.63, 3.8) is 0 Å². The van der Waals surface area contributed by atoms with E-state index in [2.05, 4.69) is 41.7 Å². The molecular formula is C13H25N5O. The van der Waals surface area contributed by atoms with Crippen LogP contribution in [0.2, 0.25) is 0 Å². The monoisotopic (exact) mass is 267 g/mol. The van der Waals surface area contributed by atoms with Crippen molar-refractivity contribution in [1.82, 2.24) is 25.6 Å². The number of carbonyl (C=O) groups is 1. The molecule has 0 aliphatic heterocycles. The van der Waals surface area contributed by atoms with Crippen LogP contribution in [0.3, 0.4) is 0 Å². The van der Waals surface area contributed by atoms with E-state index in [9.17, 15) is 4.79 Å². The molecule has 0 radical (unpaired) electrons. The summed E-state index contributed by atoms with van der Waals surface area (Å²) in [6.07, 6.45) is 1.79. The standard InChI is InChI=1S/C13H25N5O/c1-12(2,3)14-7-10-8-18(17-16-10)9-11(19)15-13(4,5)6/h8,14H,7,9H2,1-6H3,(H,15,19). The third-order valence-corrected chi connectivity index (χ3v) is 2.21. The van der Waals surface area contributed by atoms with Crippen LogP contribution in [0, 0.1) is 0 Å².